The summed E-state index contributed by atoms with van der Waals surface area (Å²) in [4.78, 5) is 55.6. The lowest BCUT2D eigenvalue weighted by atomic mass is 9.95. The fourth-order valence-electron chi connectivity index (χ4n) is 7.58. The van der Waals surface area contributed by atoms with Gasteiger partial charge in [-0.1, -0.05) is 109 Å². The molecule has 1 unspecified atom stereocenters. The van der Waals surface area contributed by atoms with E-state index in [9.17, 15) is 24.3 Å². The number of aliphatic hydroxyl groups is 1. The van der Waals surface area contributed by atoms with Gasteiger partial charge in [0.15, 0.2) is 37.2 Å². The van der Waals surface area contributed by atoms with Gasteiger partial charge in [-0.25, -0.2) is 19.2 Å². The zero-order valence-corrected chi connectivity index (χ0v) is 34.9. The quantitative estimate of drug-likeness (QED) is 0.0731. The van der Waals surface area contributed by atoms with Crippen molar-refractivity contribution in [2.24, 2.45) is 0 Å². The van der Waals surface area contributed by atoms with Crippen LogP contribution in [-0.2, 0) is 47.4 Å². The largest absolute Gasteiger partial charge is 0.459 e. The third kappa shape index (κ3) is 10.9. The Morgan fingerprint density at radius 2 is 1.05 bits per heavy atom. The Morgan fingerprint density at radius 3 is 1.57 bits per heavy atom. The van der Waals surface area contributed by atoms with Crippen LogP contribution in [0.2, 0.25) is 0 Å². The van der Waals surface area contributed by atoms with Gasteiger partial charge in [0.1, 0.15) is 37.1 Å². The number of rotatable bonds is 15. The number of carbonyl (C=O) groups excluding carboxylic acids is 4. The highest BCUT2D eigenvalue weighted by atomic mass is 16.8. The summed E-state index contributed by atoms with van der Waals surface area (Å²) in [7, 11) is 0. The summed E-state index contributed by atoms with van der Waals surface area (Å²) < 4.78 is 62.1. The summed E-state index contributed by atoms with van der Waals surface area (Å²) >= 11 is 0. The molecule has 8 rings (SSSR count). The van der Waals surface area contributed by atoms with Crippen LogP contribution in [0.4, 0.5) is 0 Å². The van der Waals surface area contributed by atoms with Crippen LogP contribution < -0.4 is 0 Å². The van der Waals surface area contributed by atoms with E-state index in [4.69, 9.17) is 47.4 Å². The molecular formula is C50H46O15. The smallest absolute Gasteiger partial charge is 0.338 e. The van der Waals surface area contributed by atoms with Gasteiger partial charge in [0.2, 0.25) is 0 Å². The second-order valence-corrected chi connectivity index (χ2v) is 15.1. The summed E-state index contributed by atoms with van der Waals surface area (Å²) in [6.07, 6.45) is -13.9. The molecule has 5 aromatic carbocycles. The zero-order chi connectivity index (χ0) is 45.1. The maximum Gasteiger partial charge on any atom is 0.338 e. The molecule has 0 radical (unpaired) electrons. The van der Waals surface area contributed by atoms with Crippen molar-refractivity contribution in [3.63, 3.8) is 0 Å². The normalized spacial score (nSPS) is 27.2. The molecule has 3 heterocycles. The monoisotopic (exact) mass is 886 g/mol. The average Bonchev–Trinajstić information content (AvgIpc) is 3.36. The molecular weight excluding hydrogens is 841 g/mol. The number of ether oxygens (including phenoxy) is 10. The van der Waals surface area contributed by atoms with E-state index in [2.05, 4.69) is 6.58 Å². The topological polar surface area (TPSA) is 181 Å². The molecule has 336 valence electrons. The molecule has 11 atom stereocenters. The first-order chi connectivity index (χ1) is 31.8. The lowest BCUT2D eigenvalue weighted by molar-refractivity contribution is -0.391. The zero-order valence-electron chi connectivity index (χ0n) is 34.9. The van der Waals surface area contributed by atoms with Crippen LogP contribution in [0.25, 0.3) is 0 Å². The van der Waals surface area contributed by atoms with Gasteiger partial charge in [0.25, 0.3) is 0 Å². The highest BCUT2D eigenvalue weighted by Gasteiger charge is 2.57. The van der Waals surface area contributed by atoms with Crippen LogP contribution in [0, 0.1) is 0 Å². The van der Waals surface area contributed by atoms with Gasteiger partial charge in [0, 0.05) is 5.56 Å². The molecule has 0 aromatic heterocycles. The van der Waals surface area contributed by atoms with Crippen LogP contribution in [0.15, 0.2) is 164 Å². The average molecular weight is 887 g/mol. The predicted octanol–water partition coefficient (Wildman–Crippen LogP) is 6.03. The molecule has 0 spiro atoms. The Morgan fingerprint density at radius 1 is 0.569 bits per heavy atom. The Kier molecular flexibility index (Phi) is 14.8. The van der Waals surface area contributed by atoms with Crippen molar-refractivity contribution in [2.45, 2.75) is 67.7 Å². The molecule has 15 heteroatoms. The first kappa shape index (κ1) is 45.0. The van der Waals surface area contributed by atoms with Gasteiger partial charge in [-0.2, -0.15) is 0 Å². The summed E-state index contributed by atoms with van der Waals surface area (Å²) in [5, 5.41) is 12.2. The van der Waals surface area contributed by atoms with E-state index in [-0.39, 0.29) is 35.5 Å². The van der Waals surface area contributed by atoms with Gasteiger partial charge in [-0.05, 0) is 48.5 Å². The van der Waals surface area contributed by atoms with Gasteiger partial charge >= 0.3 is 23.9 Å². The molecule has 1 N–H and O–H groups in total. The highest BCUT2D eigenvalue weighted by molar-refractivity contribution is 5.91. The van der Waals surface area contributed by atoms with Gasteiger partial charge in [0.05, 0.1) is 35.5 Å². The van der Waals surface area contributed by atoms with E-state index in [1.807, 2.05) is 30.3 Å². The summed E-state index contributed by atoms with van der Waals surface area (Å²) in [5.74, 6) is -3.40. The van der Waals surface area contributed by atoms with Crippen molar-refractivity contribution >= 4 is 23.9 Å². The van der Waals surface area contributed by atoms with Gasteiger partial charge in [-0.3, -0.25) is 0 Å². The number of hydrogen-bond acceptors (Lipinski definition) is 15. The summed E-state index contributed by atoms with van der Waals surface area (Å²) in [5.41, 5.74) is 1.24. The minimum Gasteiger partial charge on any atom is -0.459 e. The molecule has 0 amide bonds. The third-order valence-electron chi connectivity index (χ3n) is 10.8. The predicted molar refractivity (Wildman–Crippen MR) is 228 cm³/mol. The summed E-state index contributed by atoms with van der Waals surface area (Å²) in [6.45, 7) is 3.11. The molecule has 5 aromatic rings. The minimum atomic E-state index is -1.78. The van der Waals surface area contributed by atoms with E-state index in [1.165, 1.54) is 42.5 Å². The molecule has 65 heavy (non-hydrogen) atoms. The molecule has 3 saturated heterocycles. The first-order valence-electron chi connectivity index (χ1n) is 21.0. The molecule has 3 fully saturated rings. The fraction of sp³-hybridized carbons (Fsp3) is 0.280. The van der Waals surface area contributed by atoms with Gasteiger partial charge < -0.3 is 52.5 Å². The van der Waals surface area contributed by atoms with Crippen LogP contribution in [0.3, 0.4) is 0 Å². The van der Waals surface area contributed by atoms with Gasteiger partial charge in [-0.15, -0.1) is 6.58 Å². The molecule has 0 saturated carbocycles. The molecule has 3 aliphatic heterocycles. The second kappa shape index (κ2) is 21.4. The second-order valence-electron chi connectivity index (χ2n) is 15.1. The number of carbonyl (C=O) groups is 4. The number of benzene rings is 5. The maximum atomic E-state index is 14.1. The summed E-state index contributed by atoms with van der Waals surface area (Å²) in [6, 6.07) is 41.2. The fourth-order valence-corrected chi connectivity index (χ4v) is 7.58. The Bertz CT molecular complexity index is 2350. The van der Waals surface area contributed by atoms with E-state index < -0.39 is 98.2 Å². The van der Waals surface area contributed by atoms with Crippen LogP contribution in [0.1, 0.15) is 53.3 Å². The Labute approximate surface area is 374 Å². The van der Waals surface area contributed by atoms with E-state index in [1.54, 1.807) is 84.9 Å². The van der Waals surface area contributed by atoms with Crippen molar-refractivity contribution in [2.75, 3.05) is 19.8 Å². The van der Waals surface area contributed by atoms with E-state index >= 15 is 0 Å². The molecule has 0 bridgehead atoms. The number of esters is 4. The van der Waals surface area contributed by atoms with Crippen molar-refractivity contribution < 1.29 is 71.7 Å². The molecule has 15 nitrogen and oxygen atoms in total. The minimum absolute atomic E-state index is 0.0139. The van der Waals surface area contributed by atoms with Crippen molar-refractivity contribution in [3.8, 4) is 0 Å². The lowest BCUT2D eigenvalue weighted by Gasteiger charge is -2.50. The standard InChI is InChI=1S/C50H46O15/c1-2-28-56-49-41(38(51)39-36(59-49)30-58-48(64-39)35-26-16-7-17-27-35)65-50-43(63-47(55)34-24-14-6-15-25-34)42(62-46(54)33-22-12-5-13-23-33)40(61-45(53)32-20-10-4-11-21-32)37(60-50)29-57-44(52)31-18-8-3-9-19-31/h2-27,36-43,48-51H,1,28-30H2/t36-,37-,38+,39-,40+,41-,42+,43-,48?,49+,50+/m1/s1. The number of fused-ring (bicyclic) bond motifs is 1. The van der Waals surface area contributed by atoms with Crippen LogP contribution in [-0.4, -0.2) is 110 Å². The van der Waals surface area contributed by atoms with Crippen LogP contribution in [0.5, 0.6) is 0 Å². The van der Waals surface area contributed by atoms with E-state index in [0.29, 0.717) is 5.56 Å². The van der Waals surface area contributed by atoms with Crippen LogP contribution >= 0.6 is 0 Å². The highest BCUT2D eigenvalue weighted by Crippen LogP contribution is 2.38. The van der Waals surface area contributed by atoms with Crippen molar-refractivity contribution in [1.29, 1.82) is 0 Å². The third-order valence-corrected chi connectivity index (χ3v) is 10.8. The number of aliphatic hydroxyl groups excluding tert-OH is 1. The van der Waals surface area contributed by atoms with Crippen molar-refractivity contribution in [3.05, 3.63) is 192 Å². The Balaban J connectivity index is 1.19. The number of hydrogen-bond donors (Lipinski definition) is 1. The molecule has 3 aliphatic rings. The van der Waals surface area contributed by atoms with E-state index in [0.717, 1.165) is 0 Å². The Hall–Kier alpha value is -6.56. The first-order valence-corrected chi connectivity index (χ1v) is 21.0. The molecule has 0 aliphatic carbocycles. The lowest BCUT2D eigenvalue weighted by Crippen LogP contribution is -2.67. The maximum absolute atomic E-state index is 14.1. The van der Waals surface area contributed by atoms with Crippen molar-refractivity contribution in [1.82, 2.24) is 0 Å². The SMILES string of the molecule is C=CCO[C@H]1O[C@@H]2COC(c3ccccc3)O[C@H]2[C@H](O)[C@H]1O[C@@H]1O[C@H](COC(=O)c2ccccc2)[C@H](OC(=O)c2ccccc2)[C@H](OC(=O)c2ccccc2)[C@H]1OC(=O)c1ccccc1.